The first-order chi connectivity index (χ1) is 12.5. The topological polar surface area (TPSA) is 101 Å². The number of hydrogen-bond acceptors (Lipinski definition) is 4. The highest BCUT2D eigenvalue weighted by Crippen LogP contribution is 2.28. The molecule has 1 aliphatic heterocycles. The van der Waals surface area contributed by atoms with Gasteiger partial charge in [-0.05, 0) is 48.6 Å². The molecule has 0 bridgehead atoms. The van der Waals surface area contributed by atoms with Gasteiger partial charge in [0.25, 0.3) is 11.6 Å². The lowest BCUT2D eigenvalue weighted by molar-refractivity contribution is -0.385. The molecule has 1 amide bonds. The van der Waals surface area contributed by atoms with Crippen LogP contribution in [0.25, 0.3) is 11.1 Å². The summed E-state index contributed by atoms with van der Waals surface area (Å²) in [6.45, 7) is 1.53. The van der Waals surface area contributed by atoms with E-state index in [2.05, 4.69) is 0 Å². The Bertz CT molecular complexity index is 855. The average Bonchev–Trinajstić information content (AvgIpc) is 2.67. The van der Waals surface area contributed by atoms with E-state index in [9.17, 15) is 19.7 Å². The third-order valence-electron chi connectivity index (χ3n) is 4.53. The van der Waals surface area contributed by atoms with Gasteiger partial charge in [0.05, 0.1) is 4.92 Å². The first kappa shape index (κ1) is 17.6. The largest absolute Gasteiger partial charge is 0.477 e. The number of nitro groups is 1. The molecule has 0 radical (unpaired) electrons. The Morgan fingerprint density at radius 1 is 0.962 bits per heavy atom. The number of nitro benzene ring substituents is 1. The lowest BCUT2D eigenvalue weighted by atomic mass is 10.0. The highest BCUT2D eigenvalue weighted by Gasteiger charge is 2.21. The van der Waals surface area contributed by atoms with Gasteiger partial charge in [-0.2, -0.15) is 0 Å². The first-order valence-corrected chi connectivity index (χ1v) is 8.39. The van der Waals surface area contributed by atoms with Gasteiger partial charge in [0.15, 0.2) is 0 Å². The predicted octanol–water partition coefficient (Wildman–Crippen LogP) is 3.59. The molecule has 1 saturated heterocycles. The second kappa shape index (κ2) is 7.35. The molecule has 0 atom stereocenters. The van der Waals surface area contributed by atoms with Crippen molar-refractivity contribution in [1.82, 2.24) is 4.90 Å². The summed E-state index contributed by atoms with van der Waals surface area (Å²) in [5.74, 6) is -1.35. The van der Waals surface area contributed by atoms with Gasteiger partial charge in [-0.3, -0.25) is 14.9 Å². The summed E-state index contributed by atoms with van der Waals surface area (Å²) in [5, 5.41) is 20.2. The molecule has 2 aromatic carbocycles. The molecule has 26 heavy (non-hydrogen) atoms. The SMILES string of the molecule is O=C(O)c1ccc(-c2ccc(C(=O)N3CCCCC3)cc2)cc1[N+](=O)[O-]. The zero-order valence-corrected chi connectivity index (χ0v) is 14.1. The van der Waals surface area contributed by atoms with Crippen LogP contribution in [0.15, 0.2) is 42.5 Å². The van der Waals surface area contributed by atoms with Crippen LogP contribution in [0.1, 0.15) is 40.0 Å². The number of carbonyl (C=O) groups is 2. The maximum absolute atomic E-state index is 12.5. The number of rotatable bonds is 4. The molecule has 1 N–H and O–H groups in total. The Hall–Kier alpha value is -3.22. The van der Waals surface area contributed by atoms with E-state index in [0.717, 1.165) is 32.4 Å². The minimum Gasteiger partial charge on any atom is -0.477 e. The zero-order chi connectivity index (χ0) is 18.7. The molecular weight excluding hydrogens is 336 g/mol. The van der Waals surface area contributed by atoms with Crippen molar-refractivity contribution in [2.75, 3.05) is 13.1 Å². The van der Waals surface area contributed by atoms with Gasteiger partial charge in [-0.15, -0.1) is 0 Å². The number of likely N-dealkylation sites (tertiary alicyclic amines) is 1. The summed E-state index contributed by atoms with van der Waals surface area (Å²) in [5.41, 5.74) is 0.977. The van der Waals surface area contributed by atoms with Crippen LogP contribution in [0.3, 0.4) is 0 Å². The van der Waals surface area contributed by atoms with Crippen LogP contribution < -0.4 is 0 Å². The molecule has 2 aromatic rings. The molecule has 7 heteroatoms. The Morgan fingerprint density at radius 2 is 1.58 bits per heavy atom. The van der Waals surface area contributed by atoms with Crippen molar-refractivity contribution in [3.05, 3.63) is 63.7 Å². The van der Waals surface area contributed by atoms with E-state index in [0.29, 0.717) is 16.7 Å². The molecule has 0 aromatic heterocycles. The maximum atomic E-state index is 12.5. The number of benzene rings is 2. The molecule has 0 saturated carbocycles. The zero-order valence-electron chi connectivity index (χ0n) is 14.1. The predicted molar refractivity (Wildman–Crippen MR) is 95.2 cm³/mol. The summed E-state index contributed by atoms with van der Waals surface area (Å²) in [4.78, 5) is 35.8. The number of carboxylic acid groups (broad SMARTS) is 1. The Morgan fingerprint density at radius 3 is 2.15 bits per heavy atom. The monoisotopic (exact) mass is 354 g/mol. The van der Waals surface area contributed by atoms with E-state index in [1.165, 1.54) is 18.2 Å². The van der Waals surface area contributed by atoms with Crippen LogP contribution in [0.4, 0.5) is 5.69 Å². The van der Waals surface area contributed by atoms with Gasteiger partial charge in [0.1, 0.15) is 5.56 Å². The van der Waals surface area contributed by atoms with Crippen molar-refractivity contribution in [2.24, 2.45) is 0 Å². The Labute approximate surface area is 150 Å². The van der Waals surface area contributed by atoms with Gasteiger partial charge in [-0.1, -0.05) is 18.2 Å². The quantitative estimate of drug-likeness (QED) is 0.668. The Kier molecular flexibility index (Phi) is 4.97. The molecule has 0 unspecified atom stereocenters. The van der Waals surface area contributed by atoms with Gasteiger partial charge >= 0.3 is 5.97 Å². The minimum absolute atomic E-state index is 0.0107. The molecule has 1 aliphatic rings. The highest BCUT2D eigenvalue weighted by molar-refractivity contribution is 5.95. The van der Waals surface area contributed by atoms with Crippen molar-refractivity contribution in [3.8, 4) is 11.1 Å². The summed E-state index contributed by atoms with van der Waals surface area (Å²) in [6.07, 6.45) is 3.18. The molecular formula is C19H18N2O5. The van der Waals surface area contributed by atoms with Crippen LogP contribution in [-0.4, -0.2) is 39.9 Å². The van der Waals surface area contributed by atoms with Crippen LogP contribution in [0, 0.1) is 10.1 Å². The number of amides is 1. The number of hydrogen-bond donors (Lipinski definition) is 1. The fourth-order valence-electron chi connectivity index (χ4n) is 3.13. The first-order valence-electron chi connectivity index (χ1n) is 8.39. The van der Waals surface area contributed by atoms with Crippen molar-refractivity contribution in [3.63, 3.8) is 0 Å². The van der Waals surface area contributed by atoms with E-state index < -0.39 is 16.6 Å². The van der Waals surface area contributed by atoms with Gasteiger partial charge in [0, 0.05) is 24.7 Å². The summed E-state index contributed by atoms with van der Waals surface area (Å²) < 4.78 is 0. The van der Waals surface area contributed by atoms with E-state index in [4.69, 9.17) is 5.11 Å². The van der Waals surface area contributed by atoms with E-state index in [1.807, 2.05) is 4.90 Å². The van der Waals surface area contributed by atoms with Crippen LogP contribution in [0.2, 0.25) is 0 Å². The summed E-state index contributed by atoms with van der Waals surface area (Å²) >= 11 is 0. The van der Waals surface area contributed by atoms with E-state index in [1.54, 1.807) is 24.3 Å². The molecule has 7 nitrogen and oxygen atoms in total. The number of nitrogens with zero attached hydrogens (tertiary/aromatic N) is 2. The smallest absolute Gasteiger partial charge is 0.342 e. The number of aromatic carboxylic acids is 1. The maximum Gasteiger partial charge on any atom is 0.342 e. The second-order valence-corrected chi connectivity index (χ2v) is 6.22. The van der Waals surface area contributed by atoms with Crippen LogP contribution in [0.5, 0.6) is 0 Å². The van der Waals surface area contributed by atoms with Crippen molar-refractivity contribution >= 4 is 17.6 Å². The van der Waals surface area contributed by atoms with Gasteiger partial charge in [-0.25, -0.2) is 4.79 Å². The summed E-state index contributed by atoms with van der Waals surface area (Å²) in [6, 6.07) is 10.8. The van der Waals surface area contributed by atoms with E-state index >= 15 is 0 Å². The molecule has 0 aliphatic carbocycles. The van der Waals surface area contributed by atoms with Gasteiger partial charge < -0.3 is 10.0 Å². The van der Waals surface area contributed by atoms with Crippen molar-refractivity contribution in [2.45, 2.75) is 19.3 Å². The van der Waals surface area contributed by atoms with Gasteiger partial charge in [0.2, 0.25) is 0 Å². The normalized spacial score (nSPS) is 14.1. The van der Waals surface area contributed by atoms with Crippen LogP contribution >= 0.6 is 0 Å². The van der Waals surface area contributed by atoms with Crippen LogP contribution in [-0.2, 0) is 0 Å². The third-order valence-corrected chi connectivity index (χ3v) is 4.53. The van der Waals surface area contributed by atoms with Crippen molar-refractivity contribution < 1.29 is 19.6 Å². The highest BCUT2D eigenvalue weighted by atomic mass is 16.6. The number of piperidine rings is 1. The fraction of sp³-hybridized carbons (Fsp3) is 0.263. The fourth-order valence-corrected chi connectivity index (χ4v) is 3.13. The average molecular weight is 354 g/mol. The van der Waals surface area contributed by atoms with E-state index in [-0.39, 0.29) is 11.5 Å². The standard InChI is InChI=1S/C19H18N2O5/c22-18(20-10-2-1-3-11-20)14-6-4-13(5-7-14)15-8-9-16(19(23)24)17(12-15)21(25)26/h4-9,12H,1-3,10-11H2,(H,23,24). The lowest BCUT2D eigenvalue weighted by Crippen LogP contribution is -2.35. The lowest BCUT2D eigenvalue weighted by Gasteiger charge is -2.26. The number of carbonyl (C=O) groups excluding carboxylic acids is 1. The number of carboxylic acids is 1. The molecule has 0 spiro atoms. The molecule has 1 heterocycles. The molecule has 134 valence electrons. The van der Waals surface area contributed by atoms with Crippen molar-refractivity contribution in [1.29, 1.82) is 0 Å². The molecule has 1 fully saturated rings. The molecule has 3 rings (SSSR count). The second-order valence-electron chi connectivity index (χ2n) is 6.22. The summed E-state index contributed by atoms with van der Waals surface area (Å²) in [7, 11) is 0. The Balaban J connectivity index is 1.86. The minimum atomic E-state index is -1.34. The third kappa shape index (κ3) is 3.56.